The quantitative estimate of drug-likeness (QED) is 0.506. The van der Waals surface area contributed by atoms with Crippen LogP contribution in [0.1, 0.15) is 13.3 Å². The molecule has 2 atom stereocenters. The summed E-state index contributed by atoms with van der Waals surface area (Å²) in [5.74, 6) is 0. The minimum Gasteiger partial charge on any atom is -0.385 e. The van der Waals surface area contributed by atoms with Crippen molar-refractivity contribution in [2.75, 3.05) is 26.8 Å². The van der Waals surface area contributed by atoms with Crippen molar-refractivity contribution in [3.05, 3.63) is 12.4 Å². The summed E-state index contributed by atoms with van der Waals surface area (Å²) in [6.07, 6.45) is 6.06. The van der Waals surface area contributed by atoms with Crippen molar-refractivity contribution in [3.8, 4) is 0 Å². The van der Waals surface area contributed by atoms with Crippen molar-refractivity contribution in [2.45, 2.75) is 19.4 Å². The second-order valence-electron chi connectivity index (χ2n) is 3.82. The fourth-order valence-electron chi connectivity index (χ4n) is 1.40. The zero-order chi connectivity index (χ0) is 10.4. The van der Waals surface area contributed by atoms with Crippen LogP contribution in [0.15, 0.2) is 17.4 Å². The van der Waals surface area contributed by atoms with Gasteiger partial charge < -0.3 is 9.84 Å². The molecule has 0 spiro atoms. The van der Waals surface area contributed by atoms with Gasteiger partial charge >= 0.3 is 0 Å². The van der Waals surface area contributed by atoms with Crippen LogP contribution in [0.4, 0.5) is 0 Å². The molecule has 0 aromatic carbocycles. The summed E-state index contributed by atoms with van der Waals surface area (Å²) in [5, 5.41) is 9.67. The third-order valence-corrected chi connectivity index (χ3v) is 2.09. The topological polar surface area (TPSA) is 41.8 Å². The highest BCUT2D eigenvalue weighted by Crippen LogP contribution is 2.08. The van der Waals surface area contributed by atoms with Crippen molar-refractivity contribution in [3.63, 3.8) is 0 Å². The summed E-state index contributed by atoms with van der Waals surface area (Å²) in [5.41, 5.74) is 0. The lowest BCUT2D eigenvalue weighted by Gasteiger charge is -2.24. The van der Waals surface area contributed by atoms with E-state index in [1.165, 1.54) is 0 Å². The molecule has 1 N–H and O–H groups in total. The molecule has 0 saturated carbocycles. The summed E-state index contributed by atoms with van der Waals surface area (Å²) >= 11 is 0. The van der Waals surface area contributed by atoms with Gasteiger partial charge in [0.2, 0.25) is 0 Å². The Bertz CT molecular complexity index is 214. The van der Waals surface area contributed by atoms with Crippen LogP contribution in [0.5, 0.6) is 0 Å². The number of aliphatic hydroxyl groups excluding tert-OH is 1. The number of hydrogen-bond acceptors (Lipinski definition) is 3. The van der Waals surface area contributed by atoms with E-state index in [2.05, 4.69) is 11.9 Å². The van der Waals surface area contributed by atoms with E-state index >= 15 is 0 Å². The summed E-state index contributed by atoms with van der Waals surface area (Å²) in [4.78, 5) is 4.00. The first-order chi connectivity index (χ1) is 6.66. The summed E-state index contributed by atoms with van der Waals surface area (Å²) in [6.45, 7) is 3.79. The van der Waals surface area contributed by atoms with E-state index in [4.69, 9.17) is 4.74 Å². The Hall–Kier alpha value is -0.710. The van der Waals surface area contributed by atoms with Gasteiger partial charge in [0.15, 0.2) is 6.34 Å². The van der Waals surface area contributed by atoms with Gasteiger partial charge in [0.1, 0.15) is 18.8 Å². The fraction of sp³-hybridized carbons (Fsp3) is 0.700. The molecule has 14 heavy (non-hydrogen) atoms. The standard InChI is InChI=1S/C10H19N2O2/c1-3-6-14-8-10(13)7-12(2)5-4-11-9-12/h4-5,9-10,13H,3,6-8H2,1-2H3/q+1. The zero-order valence-electron chi connectivity index (χ0n) is 8.89. The summed E-state index contributed by atoms with van der Waals surface area (Å²) in [7, 11) is 2.00. The number of likely N-dealkylation sites (N-methyl/N-ethyl adjacent to an activating group) is 1. The third-order valence-electron chi connectivity index (χ3n) is 2.09. The Labute approximate surface area is 85.1 Å². The normalized spacial score (nSPS) is 27.1. The highest BCUT2D eigenvalue weighted by molar-refractivity contribution is 5.50. The van der Waals surface area contributed by atoms with E-state index in [0.717, 1.165) is 6.42 Å². The van der Waals surface area contributed by atoms with E-state index < -0.39 is 6.10 Å². The molecule has 0 aromatic heterocycles. The Morgan fingerprint density at radius 2 is 2.36 bits per heavy atom. The van der Waals surface area contributed by atoms with E-state index in [1.54, 1.807) is 6.20 Å². The van der Waals surface area contributed by atoms with Crippen LogP contribution in [0.25, 0.3) is 0 Å². The van der Waals surface area contributed by atoms with Crippen molar-refractivity contribution in [2.24, 2.45) is 4.99 Å². The maximum Gasteiger partial charge on any atom is 0.194 e. The molecule has 4 nitrogen and oxygen atoms in total. The van der Waals surface area contributed by atoms with Gasteiger partial charge in [-0.25, -0.2) is 4.99 Å². The van der Waals surface area contributed by atoms with Crippen LogP contribution < -0.4 is 0 Å². The molecular formula is C10H19N2O2+. The summed E-state index contributed by atoms with van der Waals surface area (Å²) in [6, 6.07) is 0. The lowest BCUT2D eigenvalue weighted by molar-refractivity contribution is -0.761. The molecule has 0 aromatic rings. The lowest BCUT2D eigenvalue weighted by atomic mass is 10.3. The number of aliphatic hydroxyl groups is 1. The summed E-state index contributed by atoms with van der Waals surface area (Å²) < 4.78 is 5.82. The minimum atomic E-state index is -0.430. The van der Waals surface area contributed by atoms with Crippen LogP contribution in [0.3, 0.4) is 0 Å². The molecule has 80 valence electrons. The maximum absolute atomic E-state index is 9.67. The molecule has 0 bridgehead atoms. The average molecular weight is 199 g/mol. The van der Waals surface area contributed by atoms with Gasteiger partial charge in [0.25, 0.3) is 0 Å². The van der Waals surface area contributed by atoms with Crippen LogP contribution in [-0.2, 0) is 4.74 Å². The van der Waals surface area contributed by atoms with Gasteiger partial charge in [-0.3, -0.25) is 4.48 Å². The van der Waals surface area contributed by atoms with E-state index in [1.807, 2.05) is 19.6 Å². The maximum atomic E-state index is 9.67. The number of rotatable bonds is 6. The molecule has 0 radical (unpaired) electrons. The number of aliphatic imine (C=N–C) groups is 1. The predicted octanol–water partition coefficient (Wildman–Crippen LogP) is 0.734. The number of nitrogens with zero attached hydrogens (tertiary/aromatic N) is 2. The van der Waals surface area contributed by atoms with Crippen LogP contribution in [0.2, 0.25) is 0 Å². The highest BCUT2D eigenvalue weighted by atomic mass is 16.5. The third kappa shape index (κ3) is 3.57. The second-order valence-corrected chi connectivity index (χ2v) is 3.82. The molecule has 4 heteroatoms. The molecule has 1 rings (SSSR count). The lowest BCUT2D eigenvalue weighted by Crippen LogP contribution is -2.43. The van der Waals surface area contributed by atoms with Gasteiger partial charge in [-0.1, -0.05) is 6.92 Å². The Kier molecular flexibility index (Phi) is 4.25. The molecule has 2 unspecified atom stereocenters. The molecule has 1 aliphatic rings. The fourth-order valence-corrected chi connectivity index (χ4v) is 1.40. The van der Waals surface area contributed by atoms with Crippen molar-refractivity contribution in [1.29, 1.82) is 0 Å². The minimum absolute atomic E-state index is 0.406. The van der Waals surface area contributed by atoms with Crippen LogP contribution in [0, 0.1) is 0 Å². The molecule has 1 aliphatic heterocycles. The number of ether oxygens (including phenoxy) is 1. The highest BCUT2D eigenvalue weighted by Gasteiger charge is 2.23. The van der Waals surface area contributed by atoms with Gasteiger partial charge in [-0.05, 0) is 6.42 Å². The van der Waals surface area contributed by atoms with E-state index in [0.29, 0.717) is 24.2 Å². The van der Waals surface area contributed by atoms with Gasteiger partial charge in [-0.2, -0.15) is 0 Å². The molecule has 1 heterocycles. The molecule has 0 aliphatic carbocycles. The van der Waals surface area contributed by atoms with Crippen molar-refractivity contribution < 1.29 is 14.3 Å². The van der Waals surface area contributed by atoms with E-state index in [-0.39, 0.29) is 0 Å². The number of hydrogen-bond donors (Lipinski definition) is 1. The molecule has 0 saturated heterocycles. The molecule has 0 fully saturated rings. The van der Waals surface area contributed by atoms with Gasteiger partial charge in [0.05, 0.1) is 19.9 Å². The van der Waals surface area contributed by atoms with Gasteiger partial charge in [-0.15, -0.1) is 0 Å². The zero-order valence-corrected chi connectivity index (χ0v) is 8.89. The van der Waals surface area contributed by atoms with Gasteiger partial charge in [0, 0.05) is 6.61 Å². The number of quaternary nitrogens is 1. The smallest absolute Gasteiger partial charge is 0.194 e. The first kappa shape index (κ1) is 11.4. The Morgan fingerprint density at radius 3 is 2.93 bits per heavy atom. The average Bonchev–Trinajstić information content (AvgIpc) is 2.52. The predicted molar refractivity (Wildman–Crippen MR) is 55.8 cm³/mol. The molecule has 0 amide bonds. The second kappa shape index (κ2) is 5.24. The first-order valence-corrected chi connectivity index (χ1v) is 4.99. The van der Waals surface area contributed by atoms with Crippen molar-refractivity contribution >= 4 is 6.34 Å². The van der Waals surface area contributed by atoms with Crippen LogP contribution >= 0.6 is 0 Å². The molecular weight excluding hydrogens is 180 g/mol. The largest absolute Gasteiger partial charge is 0.385 e. The Morgan fingerprint density at radius 1 is 1.57 bits per heavy atom. The Balaban J connectivity index is 2.23. The van der Waals surface area contributed by atoms with Crippen LogP contribution in [-0.4, -0.2) is 48.8 Å². The SMILES string of the molecule is CCCOCC(O)C[N+]1(C)C=CN=C1. The van der Waals surface area contributed by atoms with Crippen molar-refractivity contribution in [1.82, 2.24) is 0 Å². The first-order valence-electron chi connectivity index (χ1n) is 4.99. The van der Waals surface area contributed by atoms with E-state index in [9.17, 15) is 5.11 Å². The monoisotopic (exact) mass is 199 g/mol.